The molecular weight excluding hydrogens is 372 g/mol. The van der Waals surface area contributed by atoms with Crippen LogP contribution in [0.1, 0.15) is 19.5 Å². The molecule has 1 unspecified atom stereocenters. The van der Waals surface area contributed by atoms with Crippen LogP contribution >= 0.6 is 23.1 Å². The number of H-pyrrole nitrogens is 1. The van der Waals surface area contributed by atoms with E-state index < -0.39 is 0 Å². The van der Waals surface area contributed by atoms with E-state index in [1.165, 1.54) is 23.1 Å². The van der Waals surface area contributed by atoms with Gasteiger partial charge in [0.05, 0.1) is 35.0 Å². The number of rotatable bonds is 7. The van der Waals surface area contributed by atoms with Gasteiger partial charge in [0.2, 0.25) is 5.91 Å². The molecule has 9 heteroatoms. The maximum Gasteiger partial charge on any atom is 0.311 e. The highest BCUT2D eigenvalue weighted by Crippen LogP contribution is 2.25. The second-order valence-electron chi connectivity index (χ2n) is 5.43. The van der Waals surface area contributed by atoms with Gasteiger partial charge in [-0.3, -0.25) is 9.59 Å². The number of hydrogen-bond donors (Lipinski definition) is 2. The summed E-state index contributed by atoms with van der Waals surface area (Å²) in [7, 11) is 0. The molecule has 0 spiro atoms. The minimum atomic E-state index is -0.354. The van der Waals surface area contributed by atoms with Gasteiger partial charge in [-0.2, -0.15) is 0 Å². The number of carbonyl (C=O) groups excluding carboxylic acids is 2. The summed E-state index contributed by atoms with van der Waals surface area (Å²) in [6, 6.07) is 7.71. The van der Waals surface area contributed by atoms with Crippen molar-refractivity contribution in [1.29, 1.82) is 0 Å². The fourth-order valence-corrected chi connectivity index (χ4v) is 3.75. The number of benzene rings is 1. The highest BCUT2D eigenvalue weighted by Gasteiger charge is 2.18. The molecule has 2 heterocycles. The Kier molecular flexibility index (Phi) is 5.89. The molecule has 26 heavy (non-hydrogen) atoms. The zero-order valence-electron chi connectivity index (χ0n) is 14.3. The first kappa shape index (κ1) is 18.4. The molecule has 0 bridgehead atoms. The number of esters is 1. The molecule has 0 saturated carbocycles. The molecule has 3 aromatic rings. The number of fused-ring (bicyclic) bond motifs is 1. The monoisotopic (exact) mass is 390 g/mol. The van der Waals surface area contributed by atoms with E-state index in [2.05, 4.69) is 20.3 Å². The first-order valence-corrected chi connectivity index (χ1v) is 9.83. The van der Waals surface area contributed by atoms with Gasteiger partial charge in [0.25, 0.3) is 0 Å². The molecule has 2 aromatic heterocycles. The van der Waals surface area contributed by atoms with Crippen molar-refractivity contribution in [3.8, 4) is 0 Å². The number of aromatic nitrogens is 3. The van der Waals surface area contributed by atoms with Crippen molar-refractivity contribution < 1.29 is 14.3 Å². The van der Waals surface area contributed by atoms with Crippen molar-refractivity contribution >= 4 is 51.1 Å². The Morgan fingerprint density at radius 1 is 1.35 bits per heavy atom. The molecule has 0 saturated heterocycles. The maximum absolute atomic E-state index is 12.4. The average Bonchev–Trinajstić information content (AvgIpc) is 3.20. The van der Waals surface area contributed by atoms with Crippen LogP contribution in [0.2, 0.25) is 0 Å². The van der Waals surface area contributed by atoms with Gasteiger partial charge in [0.15, 0.2) is 10.3 Å². The van der Waals surface area contributed by atoms with Gasteiger partial charge >= 0.3 is 5.97 Å². The Hall–Kier alpha value is -2.39. The molecule has 0 aliphatic carbocycles. The van der Waals surface area contributed by atoms with E-state index >= 15 is 0 Å². The second-order valence-corrected chi connectivity index (χ2v) is 7.62. The van der Waals surface area contributed by atoms with E-state index in [4.69, 9.17) is 4.74 Å². The molecule has 0 aliphatic heterocycles. The Balaban J connectivity index is 1.57. The van der Waals surface area contributed by atoms with E-state index in [9.17, 15) is 9.59 Å². The third-order valence-electron chi connectivity index (χ3n) is 3.44. The van der Waals surface area contributed by atoms with Crippen molar-refractivity contribution in [3.05, 3.63) is 35.3 Å². The number of ether oxygens (including phenoxy) is 1. The lowest BCUT2D eigenvalue weighted by molar-refractivity contribution is -0.142. The fourth-order valence-electron chi connectivity index (χ4n) is 2.22. The molecule has 0 aliphatic rings. The SMILES string of the molecule is CCOC(=O)Cc1csc(NC(=O)C(C)Sc2nc3ccccc3[nH]2)n1. The lowest BCUT2D eigenvalue weighted by Gasteiger charge is -2.08. The summed E-state index contributed by atoms with van der Waals surface area (Å²) >= 11 is 2.63. The zero-order valence-corrected chi connectivity index (χ0v) is 15.9. The van der Waals surface area contributed by atoms with Gasteiger partial charge in [0, 0.05) is 5.38 Å². The molecule has 1 aromatic carbocycles. The summed E-state index contributed by atoms with van der Waals surface area (Å²) in [6.07, 6.45) is 0.101. The van der Waals surface area contributed by atoms with Crippen molar-refractivity contribution in [1.82, 2.24) is 15.0 Å². The minimum absolute atomic E-state index is 0.101. The molecule has 3 rings (SSSR count). The van der Waals surface area contributed by atoms with Gasteiger partial charge in [0.1, 0.15) is 0 Å². The number of para-hydroxylation sites is 2. The van der Waals surface area contributed by atoms with Gasteiger partial charge < -0.3 is 15.0 Å². The minimum Gasteiger partial charge on any atom is -0.466 e. The van der Waals surface area contributed by atoms with Crippen LogP contribution in [-0.4, -0.2) is 38.7 Å². The van der Waals surface area contributed by atoms with Gasteiger partial charge in [-0.15, -0.1) is 11.3 Å². The number of thiazole rings is 1. The number of nitrogens with zero attached hydrogens (tertiary/aromatic N) is 2. The van der Waals surface area contributed by atoms with E-state index in [0.29, 0.717) is 22.6 Å². The van der Waals surface area contributed by atoms with Crippen LogP contribution in [-0.2, 0) is 20.7 Å². The topological polar surface area (TPSA) is 97.0 Å². The summed E-state index contributed by atoms with van der Waals surface area (Å²) in [4.78, 5) is 35.7. The Labute approximate surface area is 158 Å². The number of aromatic amines is 1. The van der Waals surface area contributed by atoms with Crippen LogP contribution in [0, 0.1) is 0 Å². The molecular formula is C17H18N4O3S2. The fraction of sp³-hybridized carbons (Fsp3) is 0.294. The van der Waals surface area contributed by atoms with Crippen LogP contribution in [0.15, 0.2) is 34.8 Å². The average molecular weight is 390 g/mol. The van der Waals surface area contributed by atoms with E-state index in [0.717, 1.165) is 11.0 Å². The lowest BCUT2D eigenvalue weighted by atomic mass is 10.3. The zero-order chi connectivity index (χ0) is 18.5. The molecule has 1 atom stereocenters. The lowest BCUT2D eigenvalue weighted by Crippen LogP contribution is -2.22. The molecule has 2 N–H and O–H groups in total. The summed E-state index contributed by atoms with van der Waals surface area (Å²) in [6.45, 7) is 3.90. The highest BCUT2D eigenvalue weighted by atomic mass is 32.2. The number of anilines is 1. The quantitative estimate of drug-likeness (QED) is 0.475. The summed E-state index contributed by atoms with van der Waals surface area (Å²) in [5, 5.41) is 5.32. The smallest absolute Gasteiger partial charge is 0.311 e. The predicted octanol–water partition coefficient (Wildman–Crippen LogP) is 3.24. The third-order valence-corrected chi connectivity index (χ3v) is 5.23. The first-order chi connectivity index (χ1) is 12.5. The molecule has 0 fully saturated rings. The van der Waals surface area contributed by atoms with E-state index in [-0.39, 0.29) is 23.5 Å². The first-order valence-electron chi connectivity index (χ1n) is 8.07. The summed E-state index contributed by atoms with van der Waals surface area (Å²) < 4.78 is 4.89. The van der Waals surface area contributed by atoms with Crippen LogP contribution in [0.5, 0.6) is 0 Å². The number of carbonyl (C=O) groups is 2. The normalized spacial score (nSPS) is 12.1. The summed E-state index contributed by atoms with van der Waals surface area (Å²) in [5.74, 6) is -0.503. The third kappa shape index (κ3) is 4.61. The Morgan fingerprint density at radius 3 is 2.92 bits per heavy atom. The van der Waals surface area contributed by atoms with Gasteiger partial charge in [-0.1, -0.05) is 23.9 Å². The van der Waals surface area contributed by atoms with Crippen molar-refractivity contribution in [3.63, 3.8) is 0 Å². The number of imidazole rings is 1. The van der Waals surface area contributed by atoms with Crippen molar-refractivity contribution in [2.45, 2.75) is 30.7 Å². The van der Waals surface area contributed by atoms with Crippen LogP contribution in [0.25, 0.3) is 11.0 Å². The van der Waals surface area contributed by atoms with Crippen molar-refractivity contribution in [2.24, 2.45) is 0 Å². The number of amides is 1. The highest BCUT2D eigenvalue weighted by molar-refractivity contribution is 8.00. The maximum atomic E-state index is 12.4. The van der Waals surface area contributed by atoms with Crippen molar-refractivity contribution in [2.75, 3.05) is 11.9 Å². The molecule has 7 nitrogen and oxygen atoms in total. The Bertz CT molecular complexity index is 889. The van der Waals surface area contributed by atoms with E-state index in [1.807, 2.05) is 24.3 Å². The summed E-state index contributed by atoms with van der Waals surface area (Å²) in [5.41, 5.74) is 2.39. The molecule has 136 valence electrons. The number of nitrogens with one attached hydrogen (secondary N) is 2. The standard InChI is InChI=1S/C17H18N4O3S2/c1-3-24-14(22)8-11-9-25-16(18-11)21-15(23)10(2)26-17-19-12-6-4-5-7-13(12)20-17/h4-7,9-10H,3,8H2,1-2H3,(H,19,20)(H,18,21,23). The van der Waals surface area contributed by atoms with Gasteiger partial charge in [-0.05, 0) is 26.0 Å². The second kappa shape index (κ2) is 8.33. The molecule has 0 radical (unpaired) electrons. The number of thioether (sulfide) groups is 1. The number of hydrogen-bond acceptors (Lipinski definition) is 7. The Morgan fingerprint density at radius 2 is 2.15 bits per heavy atom. The largest absolute Gasteiger partial charge is 0.466 e. The van der Waals surface area contributed by atoms with Crippen LogP contribution < -0.4 is 5.32 Å². The van der Waals surface area contributed by atoms with Crippen LogP contribution in [0.4, 0.5) is 5.13 Å². The predicted molar refractivity (Wildman–Crippen MR) is 102 cm³/mol. The van der Waals surface area contributed by atoms with Crippen LogP contribution in [0.3, 0.4) is 0 Å². The van der Waals surface area contributed by atoms with Gasteiger partial charge in [-0.25, -0.2) is 9.97 Å². The molecule has 1 amide bonds. The van der Waals surface area contributed by atoms with E-state index in [1.54, 1.807) is 19.2 Å².